The van der Waals surface area contributed by atoms with E-state index < -0.39 is 40.2 Å². The summed E-state index contributed by atoms with van der Waals surface area (Å²) in [4.78, 5) is 4.01. The molecule has 3 rings (SSSR count). The van der Waals surface area contributed by atoms with Crippen molar-refractivity contribution in [3.8, 4) is 16.9 Å². The van der Waals surface area contributed by atoms with Crippen molar-refractivity contribution in [3.63, 3.8) is 0 Å². The van der Waals surface area contributed by atoms with Crippen LogP contribution in [-0.4, -0.2) is 63.3 Å². The van der Waals surface area contributed by atoms with Gasteiger partial charge in [-0.2, -0.15) is 8.42 Å². The number of benzene rings is 1. The largest absolute Gasteiger partial charge is 0.460 e. The van der Waals surface area contributed by atoms with Gasteiger partial charge in [0, 0.05) is 11.8 Å². The van der Waals surface area contributed by atoms with Crippen molar-refractivity contribution in [2.45, 2.75) is 30.0 Å². The van der Waals surface area contributed by atoms with Gasteiger partial charge in [0.1, 0.15) is 24.1 Å². The van der Waals surface area contributed by atoms with E-state index in [1.54, 1.807) is 12.3 Å². The molecule has 1 aliphatic heterocycles. The number of ether oxygens (including phenoxy) is 2. The highest BCUT2D eigenvalue weighted by atomic mass is 32.2. The summed E-state index contributed by atoms with van der Waals surface area (Å²) in [6.07, 6.45) is -4.43. The summed E-state index contributed by atoms with van der Waals surface area (Å²) in [6.45, 7) is 0. The molecule has 5 atom stereocenters. The summed E-state index contributed by atoms with van der Waals surface area (Å²) in [6, 6.07) is 10.8. The average Bonchev–Trinajstić information content (AvgIpc) is 2.62. The third-order valence-electron chi connectivity index (χ3n) is 3.89. The number of nitrogens with zero attached hydrogens (tertiary/aromatic N) is 1. The highest BCUT2D eigenvalue weighted by molar-refractivity contribution is 7.86. The minimum absolute atomic E-state index is 0.132. The van der Waals surface area contributed by atoms with Crippen molar-refractivity contribution >= 4 is 10.1 Å². The van der Waals surface area contributed by atoms with Crippen molar-refractivity contribution in [3.05, 3.63) is 48.8 Å². The fraction of sp³-hybridized carbons (Fsp3) is 0.312. The van der Waals surface area contributed by atoms with E-state index in [9.17, 15) is 23.7 Å². The molecule has 0 saturated carbocycles. The smallest absolute Gasteiger partial charge is 0.295 e. The Morgan fingerprint density at radius 2 is 1.65 bits per heavy atom. The van der Waals surface area contributed by atoms with Crippen LogP contribution in [0.15, 0.2) is 48.8 Å². The quantitative estimate of drug-likeness (QED) is 0.526. The summed E-state index contributed by atoms with van der Waals surface area (Å²) >= 11 is 0. The van der Waals surface area contributed by atoms with Gasteiger partial charge in [-0.25, -0.2) is 0 Å². The van der Waals surface area contributed by atoms with Gasteiger partial charge in [-0.15, -0.1) is 0 Å². The molecule has 26 heavy (non-hydrogen) atoms. The zero-order valence-corrected chi connectivity index (χ0v) is 14.1. The van der Waals surface area contributed by atoms with Crippen LogP contribution in [0.2, 0.25) is 0 Å². The molecule has 1 fully saturated rings. The van der Waals surface area contributed by atoms with Crippen LogP contribution in [0.4, 0.5) is 0 Å². The lowest BCUT2D eigenvalue weighted by atomic mass is 10.1. The van der Waals surface area contributed by atoms with Crippen LogP contribution in [0, 0.1) is 0 Å². The van der Waals surface area contributed by atoms with E-state index in [1.807, 2.05) is 30.3 Å². The molecule has 2 heterocycles. The molecule has 0 aliphatic carbocycles. The van der Waals surface area contributed by atoms with E-state index in [-0.39, 0.29) is 5.75 Å². The SMILES string of the molecule is O=S(=O)(O)C1O[C@@H](Oc2cncc(-c3ccccc3)c2)[C@H](O)[C@@H](O)[C@@H]1O. The first-order valence-corrected chi connectivity index (χ1v) is 9.11. The van der Waals surface area contributed by atoms with Gasteiger partial charge < -0.3 is 24.8 Å². The lowest BCUT2D eigenvalue weighted by molar-refractivity contribution is -0.254. The van der Waals surface area contributed by atoms with Crippen molar-refractivity contribution in [1.82, 2.24) is 4.98 Å². The molecular formula is C16H17NO8S. The highest BCUT2D eigenvalue weighted by Gasteiger charge is 2.50. The number of hydrogen-bond acceptors (Lipinski definition) is 8. The minimum Gasteiger partial charge on any atom is -0.460 e. The van der Waals surface area contributed by atoms with E-state index >= 15 is 0 Å². The van der Waals surface area contributed by atoms with Gasteiger partial charge in [0.05, 0.1) is 6.20 Å². The Balaban J connectivity index is 1.84. The molecular weight excluding hydrogens is 366 g/mol. The van der Waals surface area contributed by atoms with Crippen molar-refractivity contribution in [1.29, 1.82) is 0 Å². The van der Waals surface area contributed by atoms with E-state index in [0.29, 0.717) is 5.56 Å². The van der Waals surface area contributed by atoms with E-state index in [1.165, 1.54) is 6.20 Å². The Morgan fingerprint density at radius 1 is 0.962 bits per heavy atom. The lowest BCUT2D eigenvalue weighted by Gasteiger charge is -2.38. The van der Waals surface area contributed by atoms with Crippen molar-refractivity contribution in [2.24, 2.45) is 0 Å². The van der Waals surface area contributed by atoms with Gasteiger partial charge >= 0.3 is 0 Å². The highest BCUT2D eigenvalue weighted by Crippen LogP contribution is 2.28. The first kappa shape index (κ1) is 18.7. The molecule has 4 N–H and O–H groups in total. The molecule has 0 bridgehead atoms. The third kappa shape index (κ3) is 3.85. The summed E-state index contributed by atoms with van der Waals surface area (Å²) in [7, 11) is -4.85. The molecule has 9 nitrogen and oxygen atoms in total. The zero-order valence-electron chi connectivity index (χ0n) is 13.3. The molecule has 0 radical (unpaired) electrons. The molecule has 1 aromatic heterocycles. The molecule has 1 saturated heterocycles. The predicted molar refractivity (Wildman–Crippen MR) is 88.5 cm³/mol. The van der Waals surface area contributed by atoms with Gasteiger partial charge in [0.25, 0.3) is 10.1 Å². The standard InChI is InChI=1S/C16H17NO8S/c18-12-13(19)15(25-16(14(12)20)26(21,22)23)24-11-6-10(7-17-8-11)9-4-2-1-3-5-9/h1-8,12-16,18-20H,(H,21,22,23)/t12-,13-,14+,15-,16?/m1/s1. The van der Waals surface area contributed by atoms with Crippen LogP contribution < -0.4 is 4.74 Å². The predicted octanol–water partition coefficient (Wildman–Crippen LogP) is -0.220. The molecule has 140 valence electrons. The van der Waals surface area contributed by atoms with Crippen LogP contribution in [0.5, 0.6) is 5.75 Å². The number of hydrogen-bond donors (Lipinski definition) is 4. The maximum atomic E-state index is 11.3. The second-order valence-corrected chi connectivity index (χ2v) is 7.25. The van der Waals surface area contributed by atoms with Crippen molar-refractivity contribution in [2.75, 3.05) is 0 Å². The fourth-order valence-electron chi connectivity index (χ4n) is 2.57. The van der Waals surface area contributed by atoms with Crippen LogP contribution in [0.3, 0.4) is 0 Å². The van der Waals surface area contributed by atoms with Gasteiger partial charge in [-0.1, -0.05) is 30.3 Å². The molecule has 0 amide bonds. The maximum absolute atomic E-state index is 11.3. The summed E-state index contributed by atoms with van der Waals surface area (Å²) in [5.41, 5.74) is -0.613. The zero-order chi connectivity index (χ0) is 18.9. The van der Waals surface area contributed by atoms with Crippen LogP contribution in [-0.2, 0) is 14.9 Å². The molecule has 1 unspecified atom stereocenters. The Labute approximate surface area is 149 Å². The molecule has 0 spiro atoms. The maximum Gasteiger partial charge on any atom is 0.295 e. The van der Waals surface area contributed by atoms with E-state index in [0.717, 1.165) is 5.56 Å². The van der Waals surface area contributed by atoms with Crippen LogP contribution >= 0.6 is 0 Å². The monoisotopic (exact) mass is 383 g/mol. The fourth-order valence-corrected chi connectivity index (χ4v) is 3.33. The minimum atomic E-state index is -4.85. The first-order valence-electron chi connectivity index (χ1n) is 7.60. The van der Waals surface area contributed by atoms with Crippen molar-refractivity contribution < 1.29 is 37.8 Å². The first-order chi connectivity index (χ1) is 12.3. The van der Waals surface area contributed by atoms with Gasteiger partial charge in [0.15, 0.2) is 0 Å². The Kier molecular flexibility index (Phi) is 5.23. The molecule has 2 aromatic rings. The Hall–Kier alpha value is -2.08. The number of rotatable bonds is 4. The number of aromatic nitrogens is 1. The normalized spacial score (nSPS) is 29.3. The van der Waals surface area contributed by atoms with Crippen LogP contribution in [0.1, 0.15) is 0 Å². The molecule has 10 heteroatoms. The second-order valence-electron chi connectivity index (χ2n) is 5.75. The van der Waals surface area contributed by atoms with E-state index in [4.69, 9.17) is 14.0 Å². The number of aliphatic hydroxyl groups is 3. The third-order valence-corrected chi connectivity index (χ3v) is 4.87. The topological polar surface area (TPSA) is 146 Å². The molecule has 1 aromatic carbocycles. The second kappa shape index (κ2) is 7.27. The number of pyridine rings is 1. The lowest BCUT2D eigenvalue weighted by Crippen LogP contribution is -2.61. The van der Waals surface area contributed by atoms with Gasteiger partial charge in [0.2, 0.25) is 11.7 Å². The van der Waals surface area contributed by atoms with E-state index in [2.05, 4.69) is 4.98 Å². The average molecular weight is 383 g/mol. The summed E-state index contributed by atoms with van der Waals surface area (Å²) in [5, 5.41) is 29.5. The molecule has 1 aliphatic rings. The van der Waals surface area contributed by atoms with Gasteiger partial charge in [-0.3, -0.25) is 9.54 Å². The summed E-state index contributed by atoms with van der Waals surface area (Å²) < 4.78 is 42.1. The Morgan fingerprint density at radius 3 is 2.31 bits per heavy atom. The van der Waals surface area contributed by atoms with Gasteiger partial charge in [-0.05, 0) is 11.6 Å². The summed E-state index contributed by atoms with van der Waals surface area (Å²) in [5.74, 6) is 0.132. The van der Waals surface area contributed by atoms with Crippen LogP contribution in [0.25, 0.3) is 11.1 Å². The number of aliphatic hydroxyl groups excluding tert-OH is 3. The Bertz CT molecular complexity index is 860.